The molecule has 1 aromatic heterocycles. The summed E-state index contributed by atoms with van der Waals surface area (Å²) in [6, 6.07) is 2.97. The highest BCUT2D eigenvalue weighted by molar-refractivity contribution is 8.00. The maximum atomic E-state index is 12.2. The van der Waals surface area contributed by atoms with Crippen LogP contribution in [0.5, 0.6) is 0 Å². The second-order valence-electron chi connectivity index (χ2n) is 5.13. The number of thioether (sulfide) groups is 1. The van der Waals surface area contributed by atoms with Gasteiger partial charge in [0, 0.05) is 10.6 Å². The Morgan fingerprint density at radius 3 is 2.83 bits per heavy atom. The van der Waals surface area contributed by atoms with Crippen LogP contribution in [0.15, 0.2) is 28.8 Å². The minimum absolute atomic E-state index is 0.162. The van der Waals surface area contributed by atoms with Crippen LogP contribution in [-0.2, 0) is 20.8 Å². The molecule has 3 heterocycles. The van der Waals surface area contributed by atoms with Crippen molar-refractivity contribution in [3.8, 4) is 0 Å². The van der Waals surface area contributed by atoms with E-state index in [0.717, 1.165) is 9.78 Å². The van der Waals surface area contributed by atoms with Gasteiger partial charge in [-0.3, -0.25) is 14.5 Å². The number of nitrogens with one attached hydrogen (secondary N) is 1. The molecule has 1 fully saturated rings. The van der Waals surface area contributed by atoms with E-state index < -0.39 is 29.9 Å². The van der Waals surface area contributed by atoms with Crippen LogP contribution in [0.3, 0.4) is 0 Å². The Bertz CT molecular complexity index is 685. The highest BCUT2D eigenvalue weighted by Gasteiger charge is 2.54. The quantitative estimate of drug-likeness (QED) is 0.644. The van der Waals surface area contributed by atoms with E-state index in [9.17, 15) is 24.6 Å². The lowest BCUT2D eigenvalue weighted by Gasteiger charge is -2.49. The van der Waals surface area contributed by atoms with Crippen LogP contribution in [0.25, 0.3) is 0 Å². The number of carbonyl (C=O) groups is 3. The number of hydrogen-bond acceptors (Lipinski definition) is 6. The highest BCUT2D eigenvalue weighted by atomic mass is 32.2. The van der Waals surface area contributed by atoms with Gasteiger partial charge in [-0.2, -0.15) is 0 Å². The molecule has 3 rings (SSSR count). The van der Waals surface area contributed by atoms with E-state index in [4.69, 9.17) is 0 Å². The molecule has 2 amide bonds. The first-order valence-corrected chi connectivity index (χ1v) is 8.78. The van der Waals surface area contributed by atoms with Crippen LogP contribution in [-0.4, -0.2) is 56.7 Å². The van der Waals surface area contributed by atoms with Gasteiger partial charge in [-0.15, -0.1) is 23.1 Å². The molecule has 0 radical (unpaired) electrons. The number of amides is 2. The van der Waals surface area contributed by atoms with Crippen LogP contribution in [0.1, 0.15) is 4.88 Å². The second-order valence-corrected chi connectivity index (χ2v) is 7.26. The molecular weight excluding hydrogens is 340 g/mol. The van der Waals surface area contributed by atoms with Crippen molar-refractivity contribution in [1.29, 1.82) is 0 Å². The molecule has 0 bridgehead atoms. The largest absolute Gasteiger partial charge is 0.477 e. The lowest BCUT2D eigenvalue weighted by atomic mass is 10.0. The molecule has 2 atom stereocenters. The first kappa shape index (κ1) is 16.0. The number of carboxylic acids is 1. The number of nitrogens with zero attached hydrogens (tertiary/aromatic N) is 1. The van der Waals surface area contributed by atoms with Gasteiger partial charge in [0.05, 0.1) is 13.0 Å². The lowest BCUT2D eigenvalue weighted by Crippen LogP contribution is -2.70. The SMILES string of the molecule is O=C(Cc1cccs1)N[C@H]1C(=O)N2C(C(=O)O)=C(CO)CS[C@H]12. The molecule has 23 heavy (non-hydrogen) atoms. The summed E-state index contributed by atoms with van der Waals surface area (Å²) in [5.74, 6) is -1.63. The van der Waals surface area contributed by atoms with Gasteiger partial charge in [0.25, 0.3) is 5.91 Å². The molecule has 0 spiro atoms. The minimum Gasteiger partial charge on any atom is -0.477 e. The van der Waals surface area contributed by atoms with E-state index in [1.54, 1.807) is 0 Å². The Morgan fingerprint density at radius 1 is 1.43 bits per heavy atom. The summed E-state index contributed by atoms with van der Waals surface area (Å²) in [5.41, 5.74) is 0.153. The van der Waals surface area contributed by atoms with Crippen molar-refractivity contribution in [3.63, 3.8) is 0 Å². The van der Waals surface area contributed by atoms with Gasteiger partial charge in [-0.1, -0.05) is 6.07 Å². The maximum absolute atomic E-state index is 12.2. The summed E-state index contributed by atoms with van der Waals surface area (Å²) in [4.78, 5) is 37.6. The van der Waals surface area contributed by atoms with E-state index >= 15 is 0 Å². The zero-order valence-electron chi connectivity index (χ0n) is 11.9. The average molecular weight is 354 g/mol. The fourth-order valence-electron chi connectivity index (χ4n) is 2.60. The first-order valence-electron chi connectivity index (χ1n) is 6.85. The predicted octanol–water partition coefficient (Wildman–Crippen LogP) is 0.0215. The van der Waals surface area contributed by atoms with Crippen molar-refractivity contribution in [2.24, 2.45) is 0 Å². The van der Waals surface area contributed by atoms with Crippen molar-refractivity contribution in [2.75, 3.05) is 12.4 Å². The molecule has 7 nitrogen and oxygen atoms in total. The second kappa shape index (κ2) is 6.34. The Kier molecular flexibility index (Phi) is 4.42. The number of carbonyl (C=O) groups excluding carboxylic acids is 2. The van der Waals surface area contributed by atoms with E-state index in [0.29, 0.717) is 11.3 Å². The molecular formula is C14H14N2O5S2. The Hall–Kier alpha value is -1.84. The smallest absolute Gasteiger partial charge is 0.352 e. The van der Waals surface area contributed by atoms with Crippen molar-refractivity contribution in [2.45, 2.75) is 17.8 Å². The normalized spacial score (nSPS) is 23.3. The summed E-state index contributed by atoms with van der Waals surface area (Å²) in [6.07, 6.45) is 0.197. The monoisotopic (exact) mass is 354 g/mol. The van der Waals surface area contributed by atoms with Crippen LogP contribution < -0.4 is 5.32 Å². The molecule has 2 aliphatic rings. The highest BCUT2D eigenvalue weighted by Crippen LogP contribution is 2.40. The number of β-lactam (4-membered cyclic amide) rings is 1. The van der Waals surface area contributed by atoms with Crippen LogP contribution in [0.4, 0.5) is 0 Å². The van der Waals surface area contributed by atoms with Crippen molar-refractivity contribution >= 4 is 40.9 Å². The number of aliphatic hydroxyl groups excluding tert-OH is 1. The Morgan fingerprint density at radius 2 is 2.22 bits per heavy atom. The molecule has 9 heteroatoms. The molecule has 3 N–H and O–H groups in total. The number of thiophene rings is 1. The van der Waals surface area contributed by atoms with Crippen molar-refractivity contribution < 1.29 is 24.6 Å². The van der Waals surface area contributed by atoms with Crippen LogP contribution in [0.2, 0.25) is 0 Å². The summed E-state index contributed by atoms with van der Waals surface area (Å²) in [5, 5.41) is 22.6. The third-order valence-electron chi connectivity index (χ3n) is 3.67. The fraction of sp³-hybridized carbons (Fsp3) is 0.357. The van der Waals surface area contributed by atoms with Gasteiger partial charge in [0.1, 0.15) is 17.1 Å². The molecule has 1 aromatic rings. The number of hydrogen-bond donors (Lipinski definition) is 3. The van der Waals surface area contributed by atoms with E-state index in [1.165, 1.54) is 23.1 Å². The Labute approximate surface area is 140 Å². The minimum atomic E-state index is -1.24. The van der Waals surface area contributed by atoms with Crippen molar-refractivity contribution in [3.05, 3.63) is 33.7 Å². The standard InChI is InChI=1S/C14H14N2O5S2/c17-5-7-6-23-13-10(12(19)16(13)11(7)14(20)21)15-9(18)4-8-2-1-3-22-8/h1-3,10,13,17H,4-6H2,(H,15,18)(H,20,21)/t10-,13+/m0/s1. The third kappa shape index (κ3) is 2.87. The maximum Gasteiger partial charge on any atom is 0.352 e. The average Bonchev–Trinajstić information content (AvgIpc) is 3.03. The number of carboxylic acid groups (broad SMARTS) is 1. The van der Waals surface area contributed by atoms with Gasteiger partial charge < -0.3 is 15.5 Å². The number of aliphatic carboxylic acids is 1. The van der Waals surface area contributed by atoms with Crippen molar-refractivity contribution in [1.82, 2.24) is 10.2 Å². The molecule has 1 saturated heterocycles. The number of aliphatic hydroxyl groups is 1. The van der Waals surface area contributed by atoms with Crippen LogP contribution >= 0.6 is 23.1 Å². The zero-order valence-corrected chi connectivity index (χ0v) is 13.5. The number of fused-ring (bicyclic) bond motifs is 1. The van der Waals surface area contributed by atoms with E-state index in [-0.39, 0.29) is 18.0 Å². The summed E-state index contributed by atoms with van der Waals surface area (Å²) in [6.45, 7) is -0.402. The van der Waals surface area contributed by atoms with Gasteiger partial charge in [0.2, 0.25) is 5.91 Å². The molecule has 2 aliphatic heterocycles. The third-order valence-corrected chi connectivity index (χ3v) is 5.89. The molecule has 122 valence electrons. The molecule has 0 saturated carbocycles. The van der Waals surface area contributed by atoms with Gasteiger partial charge in [-0.25, -0.2) is 4.79 Å². The summed E-state index contributed by atoms with van der Waals surface area (Å²) < 4.78 is 0. The first-order chi connectivity index (χ1) is 11.0. The lowest BCUT2D eigenvalue weighted by molar-refractivity contribution is -0.150. The summed E-state index contributed by atoms with van der Waals surface area (Å²) >= 11 is 2.80. The van der Waals surface area contributed by atoms with Gasteiger partial charge in [-0.05, 0) is 17.0 Å². The van der Waals surface area contributed by atoms with Gasteiger partial charge in [0.15, 0.2) is 0 Å². The van der Waals surface area contributed by atoms with E-state index in [2.05, 4.69) is 5.32 Å². The molecule has 0 aliphatic carbocycles. The molecule has 0 aromatic carbocycles. The fourth-order valence-corrected chi connectivity index (χ4v) is 4.64. The topological polar surface area (TPSA) is 107 Å². The zero-order chi connectivity index (χ0) is 16.6. The van der Waals surface area contributed by atoms with Gasteiger partial charge >= 0.3 is 5.97 Å². The van der Waals surface area contributed by atoms with E-state index in [1.807, 2.05) is 17.5 Å². The molecule has 0 unspecified atom stereocenters. The summed E-state index contributed by atoms with van der Waals surface area (Å²) in [7, 11) is 0. The number of rotatable bonds is 5. The Balaban J connectivity index is 1.69. The van der Waals surface area contributed by atoms with Crippen LogP contribution in [0, 0.1) is 0 Å². The predicted molar refractivity (Wildman–Crippen MR) is 84.8 cm³/mol.